The van der Waals surface area contributed by atoms with Crippen molar-refractivity contribution in [2.75, 3.05) is 0 Å². The molecule has 4 atom stereocenters. The quantitative estimate of drug-likeness (QED) is 0.0981. The molecule has 0 fully saturated rings. The van der Waals surface area contributed by atoms with E-state index in [0.717, 1.165) is 0 Å². The molecule has 0 aliphatic heterocycles. The third-order valence-corrected chi connectivity index (χ3v) is 4.07. The number of carboxylic acid groups (broad SMARTS) is 3. The van der Waals surface area contributed by atoms with Gasteiger partial charge in [-0.1, -0.05) is 0 Å². The Morgan fingerprint density at radius 1 is 0.618 bits per heavy atom. The molecular formula is C17H26N6O11. The van der Waals surface area contributed by atoms with Crippen LogP contribution in [-0.4, -0.2) is 86.9 Å². The van der Waals surface area contributed by atoms with Crippen LogP contribution in [0, 0.1) is 0 Å². The van der Waals surface area contributed by atoms with E-state index in [-0.39, 0.29) is 0 Å². The number of carboxylic acids is 3. The van der Waals surface area contributed by atoms with Gasteiger partial charge in [0.15, 0.2) is 0 Å². The van der Waals surface area contributed by atoms with Crippen LogP contribution in [0.1, 0.15) is 32.1 Å². The molecule has 0 saturated carbocycles. The topological polar surface area (TPSA) is 311 Å². The number of aliphatic carboxylic acids is 3. The summed E-state index contributed by atoms with van der Waals surface area (Å²) in [5.41, 5.74) is 15.3. The molecule has 190 valence electrons. The van der Waals surface area contributed by atoms with Gasteiger partial charge in [0.2, 0.25) is 29.5 Å². The molecule has 0 rings (SSSR count). The first-order chi connectivity index (χ1) is 15.6. The van der Waals surface area contributed by atoms with Gasteiger partial charge < -0.3 is 48.5 Å². The normalized spacial score (nSPS) is 13.9. The smallest absolute Gasteiger partial charge is 0.326 e. The van der Waals surface area contributed by atoms with E-state index in [1.54, 1.807) is 0 Å². The summed E-state index contributed by atoms with van der Waals surface area (Å²) < 4.78 is 0. The summed E-state index contributed by atoms with van der Waals surface area (Å²) in [5, 5.41) is 32.6. The molecule has 0 aromatic carbocycles. The molecule has 0 spiro atoms. The minimum atomic E-state index is -1.79. The predicted molar refractivity (Wildman–Crippen MR) is 108 cm³/mol. The Kier molecular flexibility index (Phi) is 12.2. The van der Waals surface area contributed by atoms with Crippen LogP contribution in [0.15, 0.2) is 0 Å². The van der Waals surface area contributed by atoms with E-state index >= 15 is 0 Å². The lowest BCUT2D eigenvalue weighted by molar-refractivity contribution is -0.144. The van der Waals surface area contributed by atoms with Crippen molar-refractivity contribution in [3.05, 3.63) is 0 Å². The van der Waals surface area contributed by atoms with Crippen LogP contribution in [0.5, 0.6) is 0 Å². The first-order valence-electron chi connectivity index (χ1n) is 9.53. The first kappa shape index (κ1) is 29.7. The largest absolute Gasteiger partial charge is 0.481 e. The SMILES string of the molecule is NC(=O)CC(NC(=O)C(CCC(=O)O)NC(=O)C(CC(N)=O)NC(=O)C(N)CC(=O)O)C(=O)O. The fourth-order valence-electron chi connectivity index (χ4n) is 2.45. The van der Waals surface area contributed by atoms with E-state index in [1.165, 1.54) is 0 Å². The van der Waals surface area contributed by atoms with Gasteiger partial charge in [0.1, 0.15) is 18.1 Å². The van der Waals surface area contributed by atoms with Crippen molar-refractivity contribution in [1.29, 1.82) is 0 Å². The average molecular weight is 490 g/mol. The Hall–Kier alpha value is -4.28. The van der Waals surface area contributed by atoms with Crippen molar-refractivity contribution in [2.24, 2.45) is 17.2 Å². The zero-order valence-corrected chi connectivity index (χ0v) is 17.7. The molecule has 0 aliphatic rings. The van der Waals surface area contributed by atoms with Gasteiger partial charge in [-0.2, -0.15) is 0 Å². The van der Waals surface area contributed by atoms with Gasteiger partial charge in [0, 0.05) is 6.42 Å². The minimum absolute atomic E-state index is 0.550. The Balaban J connectivity index is 5.63. The van der Waals surface area contributed by atoms with Crippen LogP contribution in [0.25, 0.3) is 0 Å². The van der Waals surface area contributed by atoms with Crippen molar-refractivity contribution < 1.29 is 53.7 Å². The van der Waals surface area contributed by atoms with Gasteiger partial charge >= 0.3 is 17.9 Å². The monoisotopic (exact) mass is 490 g/mol. The second-order valence-electron chi connectivity index (χ2n) is 7.00. The zero-order chi connectivity index (χ0) is 26.6. The maximum absolute atomic E-state index is 12.6. The number of carbonyl (C=O) groups is 8. The van der Waals surface area contributed by atoms with E-state index in [0.29, 0.717) is 0 Å². The number of nitrogens with two attached hydrogens (primary N) is 3. The van der Waals surface area contributed by atoms with Crippen molar-refractivity contribution in [1.82, 2.24) is 16.0 Å². The van der Waals surface area contributed by atoms with Crippen molar-refractivity contribution in [3.63, 3.8) is 0 Å². The van der Waals surface area contributed by atoms with E-state index in [4.69, 9.17) is 32.5 Å². The summed E-state index contributed by atoms with van der Waals surface area (Å²) in [6, 6.07) is -6.80. The number of rotatable bonds is 16. The molecule has 0 aliphatic carbocycles. The van der Waals surface area contributed by atoms with Gasteiger partial charge in [-0.3, -0.25) is 33.6 Å². The summed E-state index contributed by atoms with van der Waals surface area (Å²) in [7, 11) is 0. The molecule has 0 heterocycles. The molecule has 17 nitrogen and oxygen atoms in total. The first-order valence-corrected chi connectivity index (χ1v) is 9.53. The molecule has 12 N–H and O–H groups in total. The second kappa shape index (κ2) is 14.0. The summed E-state index contributed by atoms with van der Waals surface area (Å²) in [6.45, 7) is 0. The lowest BCUT2D eigenvalue weighted by Crippen LogP contribution is -2.58. The Labute approximate surface area is 191 Å². The number of nitrogens with one attached hydrogen (secondary N) is 3. The van der Waals surface area contributed by atoms with Crippen LogP contribution in [-0.2, 0) is 38.4 Å². The summed E-state index contributed by atoms with van der Waals surface area (Å²) in [6.07, 6.45) is -3.63. The predicted octanol–water partition coefficient (Wildman–Crippen LogP) is -5.06. The van der Waals surface area contributed by atoms with Crippen LogP contribution in [0.2, 0.25) is 0 Å². The molecule has 0 bridgehead atoms. The van der Waals surface area contributed by atoms with Crippen LogP contribution < -0.4 is 33.2 Å². The van der Waals surface area contributed by atoms with Gasteiger partial charge in [-0.05, 0) is 6.42 Å². The number of carbonyl (C=O) groups excluding carboxylic acids is 5. The molecule has 4 unspecified atom stereocenters. The van der Waals surface area contributed by atoms with Gasteiger partial charge in [-0.25, -0.2) is 4.79 Å². The maximum Gasteiger partial charge on any atom is 0.326 e. The van der Waals surface area contributed by atoms with Crippen molar-refractivity contribution in [2.45, 2.75) is 56.3 Å². The highest BCUT2D eigenvalue weighted by Crippen LogP contribution is 2.04. The minimum Gasteiger partial charge on any atom is -0.481 e. The highest BCUT2D eigenvalue weighted by Gasteiger charge is 2.32. The second-order valence-corrected chi connectivity index (χ2v) is 7.00. The van der Waals surface area contributed by atoms with Gasteiger partial charge in [0.25, 0.3) is 0 Å². The van der Waals surface area contributed by atoms with Crippen LogP contribution in [0.3, 0.4) is 0 Å². The molecule has 5 amide bonds. The Morgan fingerprint density at radius 2 is 1.06 bits per heavy atom. The molecule has 34 heavy (non-hydrogen) atoms. The van der Waals surface area contributed by atoms with Crippen molar-refractivity contribution >= 4 is 47.4 Å². The molecular weight excluding hydrogens is 464 g/mol. The van der Waals surface area contributed by atoms with E-state index < -0.39 is 104 Å². The number of amides is 5. The number of hydrogen-bond acceptors (Lipinski definition) is 9. The molecule has 0 radical (unpaired) electrons. The summed E-state index contributed by atoms with van der Waals surface area (Å²) in [4.78, 5) is 92.2. The number of hydrogen-bond donors (Lipinski definition) is 9. The molecule has 0 aromatic heterocycles. The van der Waals surface area contributed by atoms with Crippen molar-refractivity contribution in [3.8, 4) is 0 Å². The highest BCUT2D eigenvalue weighted by atomic mass is 16.4. The van der Waals surface area contributed by atoms with Crippen LogP contribution >= 0.6 is 0 Å². The average Bonchev–Trinajstić information content (AvgIpc) is 2.68. The van der Waals surface area contributed by atoms with E-state index in [1.807, 2.05) is 10.6 Å². The standard InChI is InChI=1S/C17H26N6O11/c18-6(3-13(28)29)14(30)22-8(4-10(19)24)16(32)21-7(1-2-12(26)27)15(31)23-9(17(33)34)5-11(20)25/h6-9H,1-5,18H2,(H2,19,24)(H2,20,25)(H,21,32)(H,22,30)(H,23,31)(H,26,27)(H,28,29)(H,33,34). The fraction of sp³-hybridized carbons (Fsp3) is 0.529. The lowest BCUT2D eigenvalue weighted by Gasteiger charge is -2.24. The molecule has 0 aromatic rings. The zero-order valence-electron chi connectivity index (χ0n) is 17.7. The number of primary amides is 2. The van der Waals surface area contributed by atoms with Crippen LogP contribution in [0.4, 0.5) is 0 Å². The Bertz CT molecular complexity index is 846. The highest BCUT2D eigenvalue weighted by molar-refractivity contribution is 5.97. The third kappa shape index (κ3) is 11.9. The molecule has 0 saturated heterocycles. The Morgan fingerprint density at radius 3 is 1.50 bits per heavy atom. The third-order valence-electron chi connectivity index (χ3n) is 4.07. The van der Waals surface area contributed by atoms with Gasteiger partial charge in [-0.15, -0.1) is 0 Å². The van der Waals surface area contributed by atoms with E-state index in [2.05, 4.69) is 5.32 Å². The lowest BCUT2D eigenvalue weighted by atomic mass is 10.1. The summed E-state index contributed by atoms with van der Waals surface area (Å²) >= 11 is 0. The summed E-state index contributed by atoms with van der Waals surface area (Å²) in [5.74, 6) is -10.1. The fourth-order valence-corrected chi connectivity index (χ4v) is 2.45. The van der Waals surface area contributed by atoms with E-state index in [9.17, 15) is 38.4 Å². The van der Waals surface area contributed by atoms with Gasteiger partial charge in [0.05, 0.1) is 25.3 Å². The molecule has 17 heteroatoms. The maximum atomic E-state index is 12.6.